The van der Waals surface area contributed by atoms with E-state index in [4.69, 9.17) is 34.8 Å². The molecule has 0 fully saturated rings. The second-order valence-corrected chi connectivity index (χ2v) is 5.43. The molecule has 0 heterocycles. The molecule has 0 aromatic heterocycles. The summed E-state index contributed by atoms with van der Waals surface area (Å²) in [6.45, 7) is 0. The second kappa shape index (κ2) is 5.95. The molecule has 0 N–H and O–H groups in total. The van der Waals surface area contributed by atoms with Crippen LogP contribution < -0.4 is 0 Å². The molecule has 0 saturated carbocycles. The van der Waals surface area contributed by atoms with Crippen molar-refractivity contribution in [1.29, 1.82) is 0 Å². The van der Waals surface area contributed by atoms with Crippen molar-refractivity contribution >= 4 is 40.5 Å². The molecule has 0 unspecified atom stereocenters. The summed E-state index contributed by atoms with van der Waals surface area (Å²) >= 11 is 17.4. The lowest BCUT2D eigenvalue weighted by Crippen LogP contribution is -2.08. The highest BCUT2D eigenvalue weighted by Crippen LogP contribution is 2.42. The van der Waals surface area contributed by atoms with Crippen LogP contribution in [-0.4, -0.2) is 4.92 Å². The fourth-order valence-electron chi connectivity index (χ4n) is 1.84. The van der Waals surface area contributed by atoms with Crippen LogP contribution in [0.15, 0.2) is 30.3 Å². The van der Waals surface area contributed by atoms with E-state index < -0.39 is 22.4 Å². The van der Waals surface area contributed by atoms with E-state index in [1.54, 1.807) is 0 Å². The quantitative estimate of drug-likeness (QED) is 0.357. The monoisotopic (exact) mass is 369 g/mol. The Kier molecular flexibility index (Phi) is 4.56. The Balaban J connectivity index is 2.72. The molecular formula is C13H5Cl3F3NO2. The fourth-order valence-corrected chi connectivity index (χ4v) is 2.44. The van der Waals surface area contributed by atoms with Crippen molar-refractivity contribution in [3.63, 3.8) is 0 Å². The van der Waals surface area contributed by atoms with E-state index in [2.05, 4.69) is 0 Å². The molecule has 0 aliphatic rings. The number of rotatable bonds is 2. The highest BCUT2D eigenvalue weighted by Gasteiger charge is 2.35. The lowest BCUT2D eigenvalue weighted by atomic mass is 9.98. The molecular weight excluding hydrogens is 366 g/mol. The third-order valence-electron chi connectivity index (χ3n) is 2.81. The number of nitro groups is 1. The molecule has 2 aromatic carbocycles. The molecule has 0 radical (unpaired) electrons. The third kappa shape index (κ3) is 3.29. The maximum absolute atomic E-state index is 13.1. The van der Waals surface area contributed by atoms with Crippen LogP contribution in [0.1, 0.15) is 5.56 Å². The lowest BCUT2D eigenvalue weighted by molar-refractivity contribution is -0.385. The Morgan fingerprint density at radius 2 is 1.55 bits per heavy atom. The summed E-state index contributed by atoms with van der Waals surface area (Å²) in [4.78, 5) is 9.76. The first-order chi connectivity index (χ1) is 10.1. The number of non-ortho nitro benzene ring substituents is 1. The van der Waals surface area contributed by atoms with Crippen molar-refractivity contribution in [2.45, 2.75) is 6.18 Å². The van der Waals surface area contributed by atoms with Crippen LogP contribution in [0.2, 0.25) is 15.1 Å². The summed E-state index contributed by atoms with van der Waals surface area (Å²) in [5.41, 5.74) is -2.04. The lowest BCUT2D eigenvalue weighted by Gasteiger charge is -2.14. The van der Waals surface area contributed by atoms with Gasteiger partial charge in [0.25, 0.3) is 5.69 Å². The van der Waals surface area contributed by atoms with Gasteiger partial charge in [-0.3, -0.25) is 10.1 Å². The van der Waals surface area contributed by atoms with Gasteiger partial charge >= 0.3 is 6.18 Å². The van der Waals surface area contributed by atoms with Gasteiger partial charge in [0.15, 0.2) is 0 Å². The Morgan fingerprint density at radius 3 is 2.00 bits per heavy atom. The van der Waals surface area contributed by atoms with Gasteiger partial charge in [-0.2, -0.15) is 13.2 Å². The van der Waals surface area contributed by atoms with E-state index in [0.29, 0.717) is 6.07 Å². The fraction of sp³-hybridized carbons (Fsp3) is 0.0769. The molecule has 0 bridgehead atoms. The number of alkyl halides is 3. The number of benzene rings is 2. The topological polar surface area (TPSA) is 43.1 Å². The summed E-state index contributed by atoms with van der Waals surface area (Å²) in [7, 11) is 0. The smallest absolute Gasteiger partial charge is 0.258 e. The molecule has 9 heteroatoms. The minimum atomic E-state index is -4.78. The van der Waals surface area contributed by atoms with Gasteiger partial charge in [-0.05, 0) is 29.3 Å². The Morgan fingerprint density at radius 1 is 1.00 bits per heavy atom. The van der Waals surface area contributed by atoms with Gasteiger partial charge < -0.3 is 0 Å². The zero-order valence-corrected chi connectivity index (χ0v) is 12.7. The molecule has 116 valence electrons. The van der Waals surface area contributed by atoms with Crippen molar-refractivity contribution in [2.75, 3.05) is 0 Å². The zero-order valence-electron chi connectivity index (χ0n) is 10.4. The third-order valence-corrected chi connectivity index (χ3v) is 4.01. The maximum atomic E-state index is 13.1. The molecule has 0 spiro atoms. The standard InChI is InChI=1S/C13H5Cl3F3NO2/c14-10-3-6(4-11(15)12(10)16)8-2-1-7(20(21)22)5-9(8)13(17,18)19/h1-5H. The van der Waals surface area contributed by atoms with Crippen LogP contribution in [-0.2, 0) is 6.18 Å². The van der Waals surface area contributed by atoms with Crippen molar-refractivity contribution in [3.8, 4) is 11.1 Å². The van der Waals surface area contributed by atoms with Crippen molar-refractivity contribution in [3.05, 3.63) is 61.1 Å². The highest BCUT2D eigenvalue weighted by molar-refractivity contribution is 6.48. The highest BCUT2D eigenvalue weighted by atomic mass is 35.5. The van der Waals surface area contributed by atoms with Crippen molar-refractivity contribution in [2.24, 2.45) is 0 Å². The van der Waals surface area contributed by atoms with E-state index in [1.165, 1.54) is 12.1 Å². The van der Waals surface area contributed by atoms with Crippen molar-refractivity contribution < 1.29 is 18.1 Å². The average Bonchev–Trinajstić information content (AvgIpc) is 2.42. The number of hydrogen-bond acceptors (Lipinski definition) is 2. The average molecular weight is 371 g/mol. The van der Waals surface area contributed by atoms with Gasteiger partial charge in [0.1, 0.15) is 0 Å². The predicted molar refractivity (Wildman–Crippen MR) is 78.6 cm³/mol. The number of nitro benzene ring substituents is 1. The van der Waals surface area contributed by atoms with Gasteiger partial charge in [0.05, 0.1) is 25.6 Å². The van der Waals surface area contributed by atoms with Crippen LogP contribution in [0.4, 0.5) is 18.9 Å². The van der Waals surface area contributed by atoms with Gasteiger partial charge in [-0.1, -0.05) is 34.8 Å². The number of halogens is 6. The minimum absolute atomic E-state index is 0.0163. The first kappa shape index (κ1) is 16.9. The van der Waals surface area contributed by atoms with Crippen LogP contribution in [0.25, 0.3) is 11.1 Å². The van der Waals surface area contributed by atoms with Crippen molar-refractivity contribution in [1.82, 2.24) is 0 Å². The minimum Gasteiger partial charge on any atom is -0.258 e. The first-order valence-corrected chi connectivity index (χ1v) is 6.75. The number of hydrogen-bond donors (Lipinski definition) is 0. The second-order valence-electron chi connectivity index (χ2n) is 4.24. The molecule has 2 rings (SSSR count). The Hall–Kier alpha value is -1.50. The molecule has 22 heavy (non-hydrogen) atoms. The van der Waals surface area contributed by atoms with Crippen LogP contribution in [0.5, 0.6) is 0 Å². The Bertz CT molecular complexity index is 740. The Labute approximate surface area is 137 Å². The largest absolute Gasteiger partial charge is 0.417 e. The van der Waals surface area contributed by atoms with E-state index in [-0.39, 0.29) is 26.2 Å². The summed E-state index contributed by atoms with van der Waals surface area (Å²) in [5, 5.41) is 10.6. The molecule has 0 aliphatic heterocycles. The number of nitrogens with zero attached hydrogens (tertiary/aromatic N) is 1. The normalized spacial score (nSPS) is 11.5. The molecule has 0 saturated heterocycles. The van der Waals surface area contributed by atoms with E-state index in [1.807, 2.05) is 0 Å². The summed E-state index contributed by atoms with van der Waals surface area (Å²) in [6.07, 6.45) is -4.78. The molecule has 2 aromatic rings. The van der Waals surface area contributed by atoms with Gasteiger partial charge in [0, 0.05) is 12.1 Å². The van der Waals surface area contributed by atoms with Gasteiger partial charge in [-0.15, -0.1) is 0 Å². The SMILES string of the molecule is O=[N+]([O-])c1ccc(-c2cc(Cl)c(Cl)c(Cl)c2)c(C(F)(F)F)c1. The van der Waals surface area contributed by atoms with Crippen LogP contribution in [0, 0.1) is 10.1 Å². The predicted octanol–water partition coefficient (Wildman–Crippen LogP) is 6.24. The van der Waals surface area contributed by atoms with Crippen LogP contribution in [0.3, 0.4) is 0 Å². The first-order valence-electron chi connectivity index (χ1n) is 5.62. The van der Waals surface area contributed by atoms with E-state index >= 15 is 0 Å². The molecule has 0 amide bonds. The maximum Gasteiger partial charge on any atom is 0.417 e. The van der Waals surface area contributed by atoms with Gasteiger partial charge in [0.2, 0.25) is 0 Å². The summed E-state index contributed by atoms with van der Waals surface area (Å²) in [6, 6.07) is 4.86. The zero-order chi connectivity index (χ0) is 16.7. The van der Waals surface area contributed by atoms with Gasteiger partial charge in [-0.25, -0.2) is 0 Å². The van der Waals surface area contributed by atoms with E-state index in [0.717, 1.165) is 12.1 Å². The summed E-state index contributed by atoms with van der Waals surface area (Å²) in [5.74, 6) is 0. The van der Waals surface area contributed by atoms with Crippen LogP contribution >= 0.6 is 34.8 Å². The molecule has 0 aliphatic carbocycles. The molecule has 0 atom stereocenters. The molecule has 3 nitrogen and oxygen atoms in total. The van der Waals surface area contributed by atoms with E-state index in [9.17, 15) is 23.3 Å². The summed E-state index contributed by atoms with van der Waals surface area (Å²) < 4.78 is 39.4.